The zero-order chi connectivity index (χ0) is 17.6. The van der Waals surface area contributed by atoms with Gasteiger partial charge in [-0.1, -0.05) is 51.5 Å². The fourth-order valence-corrected chi connectivity index (χ4v) is 2.77. The number of aldehydes is 1. The number of carbonyl (C=O) groups excluding carboxylic acids is 1. The third-order valence-electron chi connectivity index (χ3n) is 4.18. The van der Waals surface area contributed by atoms with Crippen molar-refractivity contribution in [3.63, 3.8) is 0 Å². The molecule has 0 aliphatic carbocycles. The van der Waals surface area contributed by atoms with Gasteiger partial charge in [-0.05, 0) is 31.0 Å². The highest BCUT2D eigenvalue weighted by molar-refractivity contribution is 5.76. The van der Waals surface area contributed by atoms with Gasteiger partial charge in [0.25, 0.3) is 0 Å². The average molecular weight is 332 g/mol. The zero-order valence-electron chi connectivity index (χ0n) is 15.3. The van der Waals surface area contributed by atoms with Crippen molar-refractivity contribution in [3.05, 3.63) is 36.4 Å². The zero-order valence-corrected chi connectivity index (χ0v) is 15.3. The summed E-state index contributed by atoms with van der Waals surface area (Å²) >= 11 is 0. The predicted octanol–water partition coefficient (Wildman–Crippen LogP) is 5.97. The van der Waals surface area contributed by atoms with Gasteiger partial charge in [0.05, 0.1) is 7.11 Å². The van der Waals surface area contributed by atoms with E-state index in [9.17, 15) is 4.79 Å². The normalized spacial score (nSPS) is 11.8. The van der Waals surface area contributed by atoms with Crippen LogP contribution in [0.3, 0.4) is 0 Å². The van der Waals surface area contributed by atoms with E-state index in [2.05, 4.69) is 13.5 Å². The summed E-state index contributed by atoms with van der Waals surface area (Å²) in [5, 5.41) is 0. The smallest absolute Gasteiger partial charge is 0.161 e. The molecule has 1 aromatic rings. The molecular weight excluding hydrogens is 300 g/mol. The van der Waals surface area contributed by atoms with E-state index >= 15 is 0 Å². The maximum absolute atomic E-state index is 10.9. The minimum Gasteiger partial charge on any atom is -0.493 e. The number of ether oxygens (including phenoxy) is 2. The Bertz CT molecular complexity index is 482. The van der Waals surface area contributed by atoms with E-state index in [-0.39, 0.29) is 6.10 Å². The second kappa shape index (κ2) is 12.6. The molecule has 0 radical (unpaired) electrons. The van der Waals surface area contributed by atoms with Crippen LogP contribution < -0.4 is 9.47 Å². The standard InChI is InChI=1S/C21H32O3/c1-4-6-7-8-9-10-11-13-19(12-5-2)24-20-15-14-18(17-22)16-21(20)23-3/h5,14-17,19H,2,4,6-13H2,1,3H3. The van der Waals surface area contributed by atoms with Crippen molar-refractivity contribution in [3.8, 4) is 11.5 Å². The van der Waals surface area contributed by atoms with E-state index in [1.165, 1.54) is 44.9 Å². The van der Waals surface area contributed by atoms with Gasteiger partial charge in [0, 0.05) is 12.0 Å². The first-order valence-corrected chi connectivity index (χ1v) is 9.15. The maximum Gasteiger partial charge on any atom is 0.161 e. The Balaban J connectivity index is 2.47. The van der Waals surface area contributed by atoms with Crippen LogP contribution in [-0.2, 0) is 0 Å². The number of benzene rings is 1. The van der Waals surface area contributed by atoms with Crippen molar-refractivity contribution >= 4 is 6.29 Å². The lowest BCUT2D eigenvalue weighted by molar-refractivity contribution is 0.112. The molecule has 134 valence electrons. The van der Waals surface area contributed by atoms with Crippen molar-refractivity contribution in [2.24, 2.45) is 0 Å². The summed E-state index contributed by atoms with van der Waals surface area (Å²) in [6.45, 7) is 6.08. The van der Waals surface area contributed by atoms with E-state index < -0.39 is 0 Å². The fraction of sp³-hybridized carbons (Fsp3) is 0.571. The van der Waals surface area contributed by atoms with E-state index in [1.54, 1.807) is 19.2 Å². The first kappa shape index (κ1) is 20.3. The van der Waals surface area contributed by atoms with E-state index in [0.717, 1.165) is 19.1 Å². The number of methoxy groups -OCH3 is 1. The molecule has 0 heterocycles. The van der Waals surface area contributed by atoms with Crippen LogP contribution in [0.4, 0.5) is 0 Å². The highest BCUT2D eigenvalue weighted by Gasteiger charge is 2.13. The minimum absolute atomic E-state index is 0.106. The first-order valence-electron chi connectivity index (χ1n) is 9.15. The second-order valence-corrected chi connectivity index (χ2v) is 6.20. The molecule has 0 N–H and O–H groups in total. The van der Waals surface area contributed by atoms with Gasteiger partial charge >= 0.3 is 0 Å². The molecule has 0 saturated carbocycles. The molecule has 0 aliphatic heterocycles. The number of unbranched alkanes of at least 4 members (excludes halogenated alkanes) is 6. The monoisotopic (exact) mass is 332 g/mol. The summed E-state index contributed by atoms with van der Waals surface area (Å²) in [6, 6.07) is 5.27. The van der Waals surface area contributed by atoms with Crippen LogP contribution in [0.2, 0.25) is 0 Å². The molecule has 0 saturated heterocycles. The van der Waals surface area contributed by atoms with Gasteiger partial charge in [0.15, 0.2) is 11.5 Å². The summed E-state index contributed by atoms with van der Waals surface area (Å²) < 4.78 is 11.4. The Labute approximate surface area is 147 Å². The highest BCUT2D eigenvalue weighted by Crippen LogP contribution is 2.30. The molecule has 3 nitrogen and oxygen atoms in total. The SMILES string of the molecule is C=CCC(CCCCCCCCC)Oc1ccc(C=O)cc1OC. The molecule has 3 heteroatoms. The molecule has 0 aromatic heterocycles. The average Bonchev–Trinajstić information content (AvgIpc) is 2.61. The Morgan fingerprint density at radius 1 is 1.08 bits per heavy atom. The number of hydrogen-bond donors (Lipinski definition) is 0. The van der Waals surface area contributed by atoms with Gasteiger partial charge in [0.1, 0.15) is 12.4 Å². The van der Waals surface area contributed by atoms with Crippen LogP contribution in [0.1, 0.15) is 75.1 Å². The first-order chi connectivity index (χ1) is 11.7. The molecule has 1 unspecified atom stereocenters. The van der Waals surface area contributed by atoms with E-state index in [0.29, 0.717) is 17.1 Å². The Morgan fingerprint density at radius 2 is 1.79 bits per heavy atom. The van der Waals surface area contributed by atoms with Gasteiger partial charge in [-0.25, -0.2) is 0 Å². The Hall–Kier alpha value is -1.77. The molecule has 0 spiro atoms. The van der Waals surface area contributed by atoms with Crippen molar-refractivity contribution in [1.29, 1.82) is 0 Å². The number of rotatable bonds is 14. The molecule has 0 aliphatic rings. The fourth-order valence-electron chi connectivity index (χ4n) is 2.77. The minimum atomic E-state index is 0.106. The van der Waals surface area contributed by atoms with Crippen molar-refractivity contribution in [2.45, 2.75) is 70.8 Å². The van der Waals surface area contributed by atoms with Crippen LogP contribution in [0, 0.1) is 0 Å². The number of hydrogen-bond acceptors (Lipinski definition) is 3. The number of carbonyl (C=O) groups is 1. The molecule has 1 rings (SSSR count). The Kier molecular flexibility index (Phi) is 10.7. The van der Waals surface area contributed by atoms with Crippen LogP contribution in [-0.4, -0.2) is 19.5 Å². The highest BCUT2D eigenvalue weighted by atomic mass is 16.5. The molecule has 24 heavy (non-hydrogen) atoms. The van der Waals surface area contributed by atoms with E-state index in [1.807, 2.05) is 12.1 Å². The summed E-state index contributed by atoms with van der Waals surface area (Å²) in [5.74, 6) is 1.30. The maximum atomic E-state index is 10.9. The van der Waals surface area contributed by atoms with Gasteiger partial charge in [-0.3, -0.25) is 4.79 Å². The van der Waals surface area contributed by atoms with Crippen molar-refractivity contribution < 1.29 is 14.3 Å². The molecular formula is C21H32O3. The van der Waals surface area contributed by atoms with Gasteiger partial charge < -0.3 is 9.47 Å². The predicted molar refractivity (Wildman–Crippen MR) is 100 cm³/mol. The lowest BCUT2D eigenvalue weighted by Gasteiger charge is -2.19. The third-order valence-corrected chi connectivity index (χ3v) is 4.18. The summed E-state index contributed by atoms with van der Waals surface area (Å²) in [7, 11) is 1.59. The van der Waals surface area contributed by atoms with Gasteiger partial charge in [0.2, 0.25) is 0 Å². The Morgan fingerprint density at radius 3 is 2.42 bits per heavy atom. The van der Waals surface area contributed by atoms with Crippen molar-refractivity contribution in [2.75, 3.05) is 7.11 Å². The van der Waals surface area contributed by atoms with Gasteiger partial charge in [-0.2, -0.15) is 0 Å². The van der Waals surface area contributed by atoms with E-state index in [4.69, 9.17) is 9.47 Å². The van der Waals surface area contributed by atoms with Crippen molar-refractivity contribution in [1.82, 2.24) is 0 Å². The molecule has 0 bridgehead atoms. The van der Waals surface area contributed by atoms with Crippen LogP contribution in [0.15, 0.2) is 30.9 Å². The largest absolute Gasteiger partial charge is 0.493 e. The van der Waals surface area contributed by atoms with Gasteiger partial charge in [-0.15, -0.1) is 6.58 Å². The lowest BCUT2D eigenvalue weighted by Crippen LogP contribution is -2.16. The third kappa shape index (κ3) is 7.67. The molecule has 0 fully saturated rings. The lowest BCUT2D eigenvalue weighted by atomic mass is 10.0. The second-order valence-electron chi connectivity index (χ2n) is 6.20. The molecule has 1 atom stereocenters. The summed E-state index contributed by atoms with van der Waals surface area (Å²) in [4.78, 5) is 10.9. The quantitative estimate of drug-likeness (QED) is 0.239. The van der Waals surface area contributed by atoms with Crippen LogP contribution >= 0.6 is 0 Å². The van der Waals surface area contributed by atoms with Crippen LogP contribution in [0.25, 0.3) is 0 Å². The van der Waals surface area contributed by atoms with Crippen LogP contribution in [0.5, 0.6) is 11.5 Å². The summed E-state index contributed by atoms with van der Waals surface area (Å²) in [5.41, 5.74) is 0.589. The molecule has 0 amide bonds. The molecule has 1 aromatic carbocycles. The summed E-state index contributed by atoms with van der Waals surface area (Å²) in [6.07, 6.45) is 13.7. The topological polar surface area (TPSA) is 35.5 Å².